The highest BCUT2D eigenvalue weighted by Gasteiger charge is 2.21. The molecule has 3 aromatic rings. The van der Waals surface area contributed by atoms with Crippen LogP contribution in [0.15, 0.2) is 48.7 Å². The van der Waals surface area contributed by atoms with Crippen molar-refractivity contribution in [1.82, 2.24) is 14.7 Å². The molecule has 0 fully saturated rings. The Kier molecular flexibility index (Phi) is 5.93. The Morgan fingerprint density at radius 3 is 2.54 bits per heavy atom. The van der Waals surface area contributed by atoms with Gasteiger partial charge in [-0.15, -0.1) is 0 Å². The van der Waals surface area contributed by atoms with Gasteiger partial charge in [0.25, 0.3) is 11.8 Å². The summed E-state index contributed by atoms with van der Waals surface area (Å²) < 4.78 is 7.03. The van der Waals surface area contributed by atoms with Crippen LogP contribution in [-0.2, 0) is 0 Å². The maximum Gasteiger partial charge on any atom is 0.287 e. The highest BCUT2D eigenvalue weighted by Crippen LogP contribution is 2.18. The molecule has 7 nitrogen and oxygen atoms in total. The minimum atomic E-state index is -0.379. The maximum absolute atomic E-state index is 12.8. The summed E-state index contributed by atoms with van der Waals surface area (Å²) >= 11 is 0. The lowest BCUT2D eigenvalue weighted by molar-refractivity contribution is 0.0938. The number of imidazole rings is 1. The van der Waals surface area contributed by atoms with E-state index in [-0.39, 0.29) is 23.3 Å². The summed E-state index contributed by atoms with van der Waals surface area (Å²) in [5.41, 5.74) is 1.39. The van der Waals surface area contributed by atoms with Crippen LogP contribution in [0.3, 0.4) is 0 Å². The van der Waals surface area contributed by atoms with Crippen molar-refractivity contribution in [2.75, 3.05) is 18.5 Å². The fraction of sp³-hybridized carbons (Fsp3) is 0.286. The zero-order valence-electron chi connectivity index (χ0n) is 16.2. The summed E-state index contributed by atoms with van der Waals surface area (Å²) in [5.74, 6) is 0.550. The first-order chi connectivity index (χ1) is 13.5. The van der Waals surface area contributed by atoms with Crippen LogP contribution < -0.4 is 15.4 Å². The fourth-order valence-electron chi connectivity index (χ4n) is 2.73. The number of ether oxygens (including phenoxy) is 1. The molecule has 2 amide bonds. The first-order valence-corrected chi connectivity index (χ1v) is 9.29. The first kappa shape index (κ1) is 19.4. The molecule has 0 spiro atoms. The summed E-state index contributed by atoms with van der Waals surface area (Å²) in [6.07, 6.45) is 1.72. The van der Waals surface area contributed by atoms with Crippen molar-refractivity contribution in [2.45, 2.75) is 20.8 Å². The topological polar surface area (TPSA) is 84.7 Å². The Morgan fingerprint density at radius 1 is 1.11 bits per heavy atom. The van der Waals surface area contributed by atoms with Gasteiger partial charge in [0.15, 0.2) is 5.69 Å². The summed E-state index contributed by atoms with van der Waals surface area (Å²) in [4.78, 5) is 29.6. The zero-order chi connectivity index (χ0) is 20.1. The molecule has 3 rings (SSSR count). The third-order valence-corrected chi connectivity index (χ3v) is 4.06. The summed E-state index contributed by atoms with van der Waals surface area (Å²) in [5, 5.41) is 5.66. The molecule has 2 N–H and O–H groups in total. The quantitative estimate of drug-likeness (QED) is 0.658. The molecule has 146 valence electrons. The Hall–Kier alpha value is -3.35. The molecule has 0 bridgehead atoms. The molecule has 0 atom stereocenters. The Balaban J connectivity index is 1.85. The zero-order valence-corrected chi connectivity index (χ0v) is 16.2. The number of hydrogen-bond donors (Lipinski definition) is 2. The van der Waals surface area contributed by atoms with Gasteiger partial charge in [-0.05, 0) is 49.2 Å². The number of hydrogen-bond acceptors (Lipinski definition) is 4. The van der Waals surface area contributed by atoms with Crippen molar-refractivity contribution >= 4 is 23.0 Å². The molecule has 0 aliphatic rings. The van der Waals surface area contributed by atoms with E-state index in [9.17, 15) is 9.59 Å². The van der Waals surface area contributed by atoms with Gasteiger partial charge in [0.2, 0.25) is 5.82 Å². The van der Waals surface area contributed by atoms with E-state index in [2.05, 4.69) is 15.6 Å². The lowest BCUT2D eigenvalue weighted by Crippen LogP contribution is -2.29. The molecular weight excluding hydrogens is 356 g/mol. The predicted molar refractivity (Wildman–Crippen MR) is 108 cm³/mol. The second-order valence-corrected chi connectivity index (χ2v) is 6.76. The van der Waals surface area contributed by atoms with E-state index in [0.29, 0.717) is 30.3 Å². The van der Waals surface area contributed by atoms with E-state index in [0.717, 1.165) is 5.75 Å². The second kappa shape index (κ2) is 8.56. The minimum Gasteiger partial charge on any atom is -0.494 e. The molecule has 0 unspecified atom stereocenters. The summed E-state index contributed by atoms with van der Waals surface area (Å²) in [6.45, 7) is 7.05. The van der Waals surface area contributed by atoms with Crippen LogP contribution in [-0.4, -0.2) is 34.4 Å². The minimum absolute atomic E-state index is 0.188. The normalized spacial score (nSPS) is 10.9. The van der Waals surface area contributed by atoms with Crippen LogP contribution in [0.1, 0.15) is 41.9 Å². The number of benzene rings is 1. The van der Waals surface area contributed by atoms with Gasteiger partial charge in [0, 0.05) is 18.4 Å². The van der Waals surface area contributed by atoms with Crippen LogP contribution >= 0.6 is 0 Å². The van der Waals surface area contributed by atoms with E-state index in [1.807, 2.05) is 20.8 Å². The number of nitrogens with zero attached hydrogens (tertiary/aromatic N) is 2. The Morgan fingerprint density at radius 2 is 1.86 bits per heavy atom. The molecule has 2 aromatic heterocycles. The van der Waals surface area contributed by atoms with Gasteiger partial charge >= 0.3 is 0 Å². The lowest BCUT2D eigenvalue weighted by atomic mass is 10.2. The van der Waals surface area contributed by atoms with Gasteiger partial charge < -0.3 is 15.4 Å². The van der Waals surface area contributed by atoms with Gasteiger partial charge in [-0.25, -0.2) is 4.98 Å². The van der Waals surface area contributed by atoms with Crippen LogP contribution in [0.2, 0.25) is 0 Å². The molecule has 2 heterocycles. The second-order valence-electron chi connectivity index (χ2n) is 6.76. The lowest BCUT2D eigenvalue weighted by Gasteiger charge is -2.06. The van der Waals surface area contributed by atoms with Crippen molar-refractivity contribution in [1.29, 1.82) is 0 Å². The van der Waals surface area contributed by atoms with Crippen molar-refractivity contribution < 1.29 is 14.3 Å². The highest BCUT2D eigenvalue weighted by molar-refractivity contribution is 6.08. The summed E-state index contributed by atoms with van der Waals surface area (Å²) in [6, 6.07) is 12.5. The number of nitrogens with one attached hydrogen (secondary N) is 2. The molecule has 1 aromatic carbocycles. The number of aromatic nitrogens is 2. The monoisotopic (exact) mass is 380 g/mol. The van der Waals surface area contributed by atoms with Crippen LogP contribution in [0.4, 0.5) is 5.69 Å². The van der Waals surface area contributed by atoms with E-state index >= 15 is 0 Å². The van der Waals surface area contributed by atoms with E-state index in [1.165, 1.54) is 0 Å². The number of pyridine rings is 1. The molecule has 0 saturated heterocycles. The molecular formula is C21H24N4O3. The fourth-order valence-corrected chi connectivity index (χ4v) is 2.73. The van der Waals surface area contributed by atoms with Gasteiger partial charge in [0.05, 0.1) is 12.1 Å². The number of anilines is 1. The first-order valence-electron chi connectivity index (χ1n) is 9.29. The third-order valence-electron chi connectivity index (χ3n) is 4.06. The van der Waals surface area contributed by atoms with Gasteiger partial charge in [-0.2, -0.15) is 0 Å². The van der Waals surface area contributed by atoms with E-state index in [1.54, 1.807) is 53.1 Å². The number of rotatable bonds is 7. The predicted octanol–water partition coefficient (Wildman–Crippen LogP) is 3.37. The Labute approximate surface area is 163 Å². The average molecular weight is 380 g/mol. The highest BCUT2D eigenvalue weighted by atomic mass is 16.5. The largest absolute Gasteiger partial charge is 0.494 e. The van der Waals surface area contributed by atoms with Gasteiger partial charge in [-0.1, -0.05) is 19.9 Å². The van der Waals surface area contributed by atoms with Crippen LogP contribution in [0.5, 0.6) is 5.75 Å². The van der Waals surface area contributed by atoms with Crippen LogP contribution in [0, 0.1) is 5.92 Å². The number of carbonyl (C=O) groups is 2. The maximum atomic E-state index is 12.8. The number of amides is 2. The number of carbonyl (C=O) groups excluding carboxylic acids is 2. The van der Waals surface area contributed by atoms with Crippen molar-refractivity contribution in [3.63, 3.8) is 0 Å². The van der Waals surface area contributed by atoms with Crippen molar-refractivity contribution in [3.8, 4) is 5.75 Å². The SMILES string of the molecule is CCOc1ccc(NC(=O)c2nc(C(=O)NCC(C)C)n3ccccc23)cc1. The molecule has 0 aliphatic heterocycles. The smallest absolute Gasteiger partial charge is 0.287 e. The average Bonchev–Trinajstić information content (AvgIpc) is 3.08. The standard InChI is InChI=1S/C21H24N4O3/c1-4-28-16-10-8-15(9-11-16)23-20(26)18-17-7-5-6-12-25(17)19(24-18)21(27)22-13-14(2)3/h5-12,14H,4,13H2,1-3H3,(H,22,27)(H,23,26). The summed E-state index contributed by atoms with van der Waals surface area (Å²) in [7, 11) is 0. The van der Waals surface area contributed by atoms with Gasteiger partial charge in [0.1, 0.15) is 5.75 Å². The van der Waals surface area contributed by atoms with Crippen LogP contribution in [0.25, 0.3) is 5.52 Å². The molecule has 0 radical (unpaired) electrons. The Bertz CT molecular complexity index is 977. The molecule has 7 heteroatoms. The molecule has 0 aliphatic carbocycles. The van der Waals surface area contributed by atoms with Crippen molar-refractivity contribution in [2.24, 2.45) is 5.92 Å². The van der Waals surface area contributed by atoms with Gasteiger partial charge in [-0.3, -0.25) is 14.0 Å². The molecule has 0 saturated carbocycles. The van der Waals surface area contributed by atoms with E-state index < -0.39 is 0 Å². The third kappa shape index (κ3) is 4.31. The number of fused-ring (bicyclic) bond motifs is 1. The molecule has 28 heavy (non-hydrogen) atoms. The van der Waals surface area contributed by atoms with E-state index in [4.69, 9.17) is 4.74 Å². The van der Waals surface area contributed by atoms with Crippen molar-refractivity contribution in [3.05, 3.63) is 60.2 Å².